The third kappa shape index (κ3) is 3.35. The van der Waals surface area contributed by atoms with E-state index in [2.05, 4.69) is 22.8 Å². The van der Waals surface area contributed by atoms with E-state index in [1.807, 2.05) is 18.2 Å². The van der Waals surface area contributed by atoms with E-state index in [0.717, 1.165) is 24.9 Å². The first-order valence-electron chi connectivity index (χ1n) is 8.85. The standard InChI is InChI=1S/C21H20N2O2S/c24-20-8-1-2-13-23(20)16-11-9-15(10-12-16)21(25)22-18-6-3-5-17(18)19-7-4-14-26-19/h1-2,4,7-14,17-18H,3,5-6H2,(H,22,25). The van der Waals surface area contributed by atoms with Crippen molar-refractivity contribution < 1.29 is 4.79 Å². The molecule has 4 rings (SSSR count). The smallest absolute Gasteiger partial charge is 0.255 e. The molecule has 26 heavy (non-hydrogen) atoms. The monoisotopic (exact) mass is 364 g/mol. The van der Waals surface area contributed by atoms with E-state index < -0.39 is 0 Å². The van der Waals surface area contributed by atoms with Crippen molar-refractivity contribution in [2.24, 2.45) is 0 Å². The lowest BCUT2D eigenvalue weighted by Crippen LogP contribution is -2.36. The van der Waals surface area contributed by atoms with Crippen LogP contribution >= 0.6 is 11.3 Å². The average molecular weight is 364 g/mol. The van der Waals surface area contributed by atoms with Crippen molar-refractivity contribution in [1.82, 2.24) is 9.88 Å². The molecule has 1 aliphatic carbocycles. The summed E-state index contributed by atoms with van der Waals surface area (Å²) in [6.07, 6.45) is 5.01. The van der Waals surface area contributed by atoms with Gasteiger partial charge in [-0.15, -0.1) is 11.3 Å². The molecular weight excluding hydrogens is 344 g/mol. The molecule has 1 amide bonds. The topological polar surface area (TPSA) is 51.1 Å². The zero-order valence-corrected chi connectivity index (χ0v) is 15.1. The largest absolute Gasteiger partial charge is 0.349 e. The molecule has 2 aromatic heterocycles. The minimum atomic E-state index is -0.0885. The molecule has 132 valence electrons. The number of nitrogens with one attached hydrogen (secondary N) is 1. The summed E-state index contributed by atoms with van der Waals surface area (Å²) in [5.41, 5.74) is 1.29. The number of amides is 1. The van der Waals surface area contributed by atoms with Gasteiger partial charge in [0.15, 0.2) is 0 Å². The molecule has 1 saturated carbocycles. The van der Waals surface area contributed by atoms with Gasteiger partial charge in [0.2, 0.25) is 0 Å². The Kier molecular flexibility index (Phi) is 4.71. The second-order valence-corrected chi connectivity index (χ2v) is 7.57. The van der Waals surface area contributed by atoms with Crippen LogP contribution in [0.5, 0.6) is 0 Å². The first kappa shape index (κ1) is 16.8. The van der Waals surface area contributed by atoms with Crippen LogP contribution in [0.1, 0.15) is 40.4 Å². The number of carbonyl (C=O) groups is 1. The number of nitrogens with zero attached hydrogens (tertiary/aromatic N) is 1. The maximum atomic E-state index is 12.7. The van der Waals surface area contributed by atoms with Crippen LogP contribution in [0.25, 0.3) is 5.69 Å². The Hall–Kier alpha value is -2.66. The van der Waals surface area contributed by atoms with Crippen LogP contribution < -0.4 is 10.9 Å². The van der Waals surface area contributed by atoms with Crippen LogP contribution in [0.15, 0.2) is 71.0 Å². The van der Waals surface area contributed by atoms with Crippen molar-refractivity contribution in [3.05, 3.63) is 87.0 Å². The van der Waals surface area contributed by atoms with Crippen LogP contribution in [-0.4, -0.2) is 16.5 Å². The average Bonchev–Trinajstić information content (AvgIpc) is 3.33. The summed E-state index contributed by atoms with van der Waals surface area (Å²) in [7, 11) is 0. The summed E-state index contributed by atoms with van der Waals surface area (Å²) in [4.78, 5) is 25.9. The van der Waals surface area contributed by atoms with E-state index >= 15 is 0 Å². The SMILES string of the molecule is O=C(NC1CCCC1c1cccs1)c1ccc(-n2ccccc2=O)cc1. The van der Waals surface area contributed by atoms with Crippen molar-refractivity contribution in [3.63, 3.8) is 0 Å². The van der Waals surface area contributed by atoms with Crippen LogP contribution in [0.2, 0.25) is 0 Å². The van der Waals surface area contributed by atoms with Crippen molar-refractivity contribution >= 4 is 17.2 Å². The Morgan fingerprint density at radius 1 is 1.04 bits per heavy atom. The predicted molar refractivity (Wildman–Crippen MR) is 104 cm³/mol. The molecule has 0 aliphatic heterocycles. The van der Waals surface area contributed by atoms with Crippen LogP contribution in [0.4, 0.5) is 0 Å². The first-order valence-corrected chi connectivity index (χ1v) is 9.73. The number of pyridine rings is 1. The zero-order valence-electron chi connectivity index (χ0n) is 14.3. The highest BCUT2D eigenvalue weighted by Crippen LogP contribution is 2.36. The van der Waals surface area contributed by atoms with E-state index in [1.54, 1.807) is 40.3 Å². The number of benzene rings is 1. The Bertz CT molecular complexity index is 945. The molecular formula is C21H20N2O2S. The van der Waals surface area contributed by atoms with E-state index in [4.69, 9.17) is 0 Å². The minimum Gasteiger partial charge on any atom is -0.349 e. The highest BCUT2D eigenvalue weighted by molar-refractivity contribution is 7.10. The van der Waals surface area contributed by atoms with Crippen molar-refractivity contribution in [1.29, 1.82) is 0 Å². The maximum absolute atomic E-state index is 12.7. The van der Waals surface area contributed by atoms with Gasteiger partial charge in [0.05, 0.1) is 0 Å². The lowest BCUT2D eigenvalue weighted by Gasteiger charge is -2.20. The van der Waals surface area contributed by atoms with Gasteiger partial charge in [-0.1, -0.05) is 18.6 Å². The quantitative estimate of drug-likeness (QED) is 0.762. The highest BCUT2D eigenvalue weighted by atomic mass is 32.1. The summed E-state index contributed by atoms with van der Waals surface area (Å²) in [6.45, 7) is 0. The molecule has 4 nitrogen and oxygen atoms in total. The first-order chi connectivity index (χ1) is 12.7. The van der Waals surface area contributed by atoms with Gasteiger partial charge in [0.1, 0.15) is 0 Å². The number of aromatic nitrogens is 1. The van der Waals surface area contributed by atoms with E-state index in [-0.39, 0.29) is 17.5 Å². The number of hydrogen-bond donors (Lipinski definition) is 1. The molecule has 1 N–H and O–H groups in total. The van der Waals surface area contributed by atoms with Gasteiger partial charge in [0, 0.05) is 40.4 Å². The number of hydrogen-bond acceptors (Lipinski definition) is 3. The molecule has 2 unspecified atom stereocenters. The molecule has 0 radical (unpaired) electrons. The summed E-state index contributed by atoms with van der Waals surface area (Å²) >= 11 is 1.76. The fourth-order valence-electron chi connectivity index (χ4n) is 3.64. The molecule has 1 aliphatic rings. The summed E-state index contributed by atoms with van der Waals surface area (Å²) < 4.78 is 1.56. The Labute approximate surface area is 156 Å². The van der Waals surface area contributed by atoms with Crippen molar-refractivity contribution in [3.8, 4) is 5.69 Å². The number of thiophene rings is 1. The highest BCUT2D eigenvalue weighted by Gasteiger charge is 2.30. The maximum Gasteiger partial charge on any atom is 0.255 e. The molecule has 0 spiro atoms. The normalized spacial score (nSPS) is 19.4. The summed E-state index contributed by atoms with van der Waals surface area (Å²) in [5.74, 6) is 0.367. The Balaban J connectivity index is 1.48. The fourth-order valence-corrected chi connectivity index (χ4v) is 4.57. The predicted octanol–water partition coefficient (Wildman–Crippen LogP) is 3.97. The molecule has 1 aromatic carbocycles. The van der Waals surface area contributed by atoms with Gasteiger partial charge in [-0.3, -0.25) is 14.2 Å². The van der Waals surface area contributed by atoms with E-state index in [0.29, 0.717) is 11.5 Å². The zero-order chi connectivity index (χ0) is 17.9. The van der Waals surface area contributed by atoms with Crippen molar-refractivity contribution in [2.45, 2.75) is 31.2 Å². The van der Waals surface area contributed by atoms with E-state index in [9.17, 15) is 9.59 Å². The van der Waals surface area contributed by atoms with Gasteiger partial charge in [-0.05, 0) is 54.6 Å². The van der Waals surface area contributed by atoms with Crippen molar-refractivity contribution in [2.75, 3.05) is 0 Å². The number of rotatable bonds is 4. The molecule has 0 bridgehead atoms. The van der Waals surface area contributed by atoms with Gasteiger partial charge in [-0.2, -0.15) is 0 Å². The third-order valence-electron chi connectivity index (χ3n) is 4.97. The Morgan fingerprint density at radius 3 is 2.62 bits per heavy atom. The van der Waals surface area contributed by atoms with Crippen LogP contribution in [-0.2, 0) is 0 Å². The molecule has 2 atom stereocenters. The van der Waals surface area contributed by atoms with Gasteiger partial charge in [0.25, 0.3) is 11.5 Å². The number of carbonyl (C=O) groups excluding carboxylic acids is 1. The molecule has 5 heteroatoms. The summed E-state index contributed by atoms with van der Waals surface area (Å²) in [6, 6.07) is 16.6. The van der Waals surface area contributed by atoms with E-state index in [1.165, 1.54) is 10.9 Å². The second-order valence-electron chi connectivity index (χ2n) is 6.59. The van der Waals surface area contributed by atoms with Crippen LogP contribution in [0.3, 0.4) is 0 Å². The van der Waals surface area contributed by atoms with Gasteiger partial charge < -0.3 is 5.32 Å². The lowest BCUT2D eigenvalue weighted by atomic mass is 10.0. The Morgan fingerprint density at radius 2 is 1.88 bits per heavy atom. The molecule has 2 heterocycles. The second kappa shape index (κ2) is 7.30. The third-order valence-corrected chi connectivity index (χ3v) is 5.98. The molecule has 1 fully saturated rings. The van der Waals surface area contributed by atoms with Crippen LogP contribution in [0, 0.1) is 0 Å². The lowest BCUT2D eigenvalue weighted by molar-refractivity contribution is 0.0934. The minimum absolute atomic E-state index is 0.0505. The molecule has 3 aromatic rings. The van der Waals surface area contributed by atoms with Gasteiger partial charge >= 0.3 is 0 Å². The van der Waals surface area contributed by atoms with Gasteiger partial charge in [-0.25, -0.2) is 0 Å². The summed E-state index contributed by atoms with van der Waals surface area (Å²) in [5, 5.41) is 5.30. The molecule has 0 saturated heterocycles. The fraction of sp³-hybridized carbons (Fsp3) is 0.238.